The zero-order valence-electron chi connectivity index (χ0n) is 9.39. The number of rotatable bonds is 0. The molecule has 0 heterocycles. The van der Waals surface area contributed by atoms with Crippen LogP contribution in [0.3, 0.4) is 0 Å². The Morgan fingerprint density at radius 3 is 1.00 bits per heavy atom. The third-order valence-corrected chi connectivity index (χ3v) is 0. The minimum atomic E-state index is -4.08. The molecule has 0 aliphatic heterocycles. The van der Waals surface area contributed by atoms with Crippen molar-refractivity contribution >= 4 is 43.0 Å². The summed E-state index contributed by atoms with van der Waals surface area (Å²) in [5.74, 6) is 0. The monoisotopic (exact) mass is 366 g/mol. The quantitative estimate of drug-likeness (QED) is 0.308. The summed E-state index contributed by atoms with van der Waals surface area (Å²) < 4.78 is 74.7. The van der Waals surface area contributed by atoms with Gasteiger partial charge in [0.1, 0.15) is 0 Å². The van der Waals surface area contributed by atoms with Crippen molar-refractivity contribution in [3.05, 3.63) is 0 Å². The van der Waals surface area contributed by atoms with E-state index in [0.29, 0.717) is 0 Å². The molecule has 2 N–H and O–H groups in total. The van der Waals surface area contributed by atoms with Crippen LogP contribution in [0.2, 0.25) is 0 Å². The van der Waals surface area contributed by atoms with Crippen molar-refractivity contribution in [1.29, 1.82) is 0 Å². The molecule has 0 aliphatic carbocycles. The molecule has 0 fully saturated rings. The first-order valence-corrected chi connectivity index (χ1v) is 6.10. The third kappa shape index (κ3) is 354. The molecule has 0 spiro atoms. The average molecular weight is 366 g/mol. The molecule has 84 valence electrons. The minimum absolute atomic E-state index is 0. The summed E-state index contributed by atoms with van der Waals surface area (Å²) in [5.41, 5.74) is 0. The molecule has 0 saturated carbocycles. The van der Waals surface area contributed by atoms with E-state index in [1.807, 2.05) is 0 Å². The predicted octanol–water partition coefficient (Wildman–Crippen LogP) is -14.3. The Morgan fingerprint density at radius 2 is 1.00 bits per heavy atom. The van der Waals surface area contributed by atoms with E-state index in [2.05, 4.69) is 11.2 Å². The van der Waals surface area contributed by atoms with Crippen LogP contribution in [-0.4, -0.2) is 39.9 Å². The fourth-order valence-electron chi connectivity index (χ4n) is 0. The van der Waals surface area contributed by atoms with E-state index in [9.17, 15) is 0 Å². The molecule has 2 unspecified atom stereocenters. The first-order chi connectivity index (χ1) is 5.46. The Hall–Kier alpha value is 4.43. The van der Waals surface area contributed by atoms with Gasteiger partial charge in [-0.1, -0.05) is 0 Å². The molecular weight excluding hydrogens is 364 g/mol. The van der Waals surface area contributed by atoms with Crippen LogP contribution in [0.4, 0.5) is 0 Å². The van der Waals surface area contributed by atoms with E-state index in [1.165, 1.54) is 0 Å². The van der Waals surface area contributed by atoms with Gasteiger partial charge in [0.15, 0.2) is 0 Å². The Bertz CT molecular complexity index is 220. The zero-order valence-corrected chi connectivity index (χ0v) is 20.7. The average Bonchev–Trinajstić information content (AvgIpc) is 1.50. The Balaban J connectivity index is -0.0000000159. The van der Waals surface area contributed by atoms with Crippen molar-refractivity contribution in [1.82, 2.24) is 0 Å². The topological polar surface area (TPSA) is 184 Å². The molecule has 0 aromatic carbocycles. The second-order valence-electron chi connectivity index (χ2n) is 0.849. The zero-order chi connectivity index (χ0) is 11.7. The van der Waals surface area contributed by atoms with Gasteiger partial charge in [0.2, 0.25) is 0 Å². The molecule has 0 aliphatic rings. The summed E-state index contributed by atoms with van der Waals surface area (Å²) >= 11 is -2.62. The van der Waals surface area contributed by atoms with Gasteiger partial charge in [0, 0.05) is 0 Å². The van der Waals surface area contributed by atoms with Gasteiger partial charge in [0.25, 0.3) is 0 Å². The van der Waals surface area contributed by atoms with Crippen molar-refractivity contribution < 1.29 is 158 Å². The van der Waals surface area contributed by atoms with Crippen LogP contribution >= 0.6 is 0 Å². The van der Waals surface area contributed by atoms with Crippen LogP contribution in [0, 0.1) is 0 Å². The van der Waals surface area contributed by atoms with Gasteiger partial charge in [-0.15, -0.1) is 11.4 Å². The van der Waals surface area contributed by atoms with Crippen molar-refractivity contribution in [2.45, 2.75) is 0 Å². The maximum Gasteiger partial charge on any atom is 1.00 e. The molecule has 0 saturated heterocycles. The second-order valence-corrected chi connectivity index (χ2v) is 3.81. The van der Waals surface area contributed by atoms with Crippen molar-refractivity contribution in [2.24, 2.45) is 0 Å². The molecule has 17 heteroatoms. The molecule has 17 heavy (non-hydrogen) atoms. The molecule has 0 radical (unpaired) electrons. The van der Waals surface area contributed by atoms with Gasteiger partial charge < -0.3 is 27.3 Å². The molecule has 2 atom stereocenters. The maximum atomic E-state index is 9.00. The largest absolute Gasteiger partial charge is 1.00 e. The van der Waals surface area contributed by atoms with E-state index in [1.54, 1.807) is 0 Å². The van der Waals surface area contributed by atoms with Crippen LogP contribution in [0.5, 0.6) is 0 Å². The van der Waals surface area contributed by atoms with E-state index in [0.717, 1.165) is 0 Å². The fraction of sp³-hybridized carbons (Fsp3) is 0. The van der Waals surface area contributed by atoms with Gasteiger partial charge >= 0.3 is 118 Å². The first-order valence-electron chi connectivity index (χ1n) is 1.70. The molecule has 9 nitrogen and oxygen atoms in total. The smallest absolute Gasteiger partial charge is 0.784 e. The standard InChI is InChI=1S/4Na.H2O3S2.2H2O3S/c;;;;1-5(2,3)4;2*1-4(2)3/h;;;;(H2,1,2,3,4);2*(H2,1,2,3)/q4*+1;;;/p-4. The van der Waals surface area contributed by atoms with Gasteiger partial charge in [-0.05, 0) is 11.2 Å². The van der Waals surface area contributed by atoms with Crippen LogP contribution in [-0.2, 0) is 43.0 Å². The van der Waals surface area contributed by atoms with Crippen LogP contribution in [0.15, 0.2) is 0 Å². The predicted molar refractivity (Wildman–Crippen MR) is 40.2 cm³/mol. The summed E-state index contributed by atoms with van der Waals surface area (Å²) in [5, 5.41) is 0. The molecule has 0 aromatic heterocycles. The van der Waals surface area contributed by atoms with E-state index in [4.69, 9.17) is 39.9 Å². The molecule has 0 rings (SSSR count). The van der Waals surface area contributed by atoms with Gasteiger partial charge in [-0.2, -0.15) is 0 Å². The minimum Gasteiger partial charge on any atom is -0.784 e. The third-order valence-electron chi connectivity index (χ3n) is 0. The van der Waals surface area contributed by atoms with Crippen LogP contribution < -0.4 is 118 Å². The number of hydrogen-bond donors (Lipinski definition) is 2. The van der Waals surface area contributed by atoms with Crippen LogP contribution in [0.25, 0.3) is 0 Å². The van der Waals surface area contributed by atoms with Crippen molar-refractivity contribution in [2.75, 3.05) is 0 Å². The molecule has 0 bridgehead atoms. The SMILES string of the molecule is O=S([O-])(O)=S.O=S([O-])O.O=S([O-])[O-].[Na+].[Na+].[Na+].[Na+]. The Morgan fingerprint density at radius 1 is 1.00 bits per heavy atom. The van der Waals surface area contributed by atoms with Gasteiger partial charge in [-0.25, -0.2) is 8.42 Å². The number of hydrogen-bond acceptors (Lipinski definition) is 8. The van der Waals surface area contributed by atoms with Gasteiger partial charge in [0.05, 0.1) is 20.4 Å². The van der Waals surface area contributed by atoms with Crippen LogP contribution in [0.1, 0.15) is 0 Å². The summed E-state index contributed by atoms with van der Waals surface area (Å²) in [6.45, 7) is 0. The van der Waals surface area contributed by atoms with E-state index < -0.39 is 31.8 Å². The summed E-state index contributed by atoms with van der Waals surface area (Å²) in [4.78, 5) is 0. The Labute approximate surface area is 197 Å². The summed E-state index contributed by atoms with van der Waals surface area (Å²) in [6, 6.07) is 0. The van der Waals surface area contributed by atoms with Crippen molar-refractivity contribution in [3.8, 4) is 0 Å². The van der Waals surface area contributed by atoms with E-state index >= 15 is 0 Å². The summed E-state index contributed by atoms with van der Waals surface area (Å²) in [7, 11) is -4.08. The first kappa shape index (κ1) is 43.0. The van der Waals surface area contributed by atoms with Crippen molar-refractivity contribution in [3.63, 3.8) is 0 Å². The normalized spacial score (nSPS) is 11.9. The molecule has 0 amide bonds. The molecule has 0 aromatic rings. The van der Waals surface area contributed by atoms with E-state index in [-0.39, 0.29) is 118 Å². The fourth-order valence-corrected chi connectivity index (χ4v) is 0. The molecular formula is H2Na4O9S4. The summed E-state index contributed by atoms with van der Waals surface area (Å²) in [6.07, 6.45) is 0. The maximum absolute atomic E-state index is 9.00. The second kappa shape index (κ2) is 28.6. The van der Waals surface area contributed by atoms with Gasteiger partial charge in [-0.3, -0.25) is 4.21 Å². The Kier molecular flexibility index (Phi) is 72.2.